The standard InChI is InChI=1S/C28H35N4O7PS/c1-5-41(37,38)21-9-6-8-20(15-21)23-16-22(19(3)26-25(23)24-14-18(2)17-30-27(24)31-26)28(33)29-10-12-32(4)11-7-13-39-40(34,35)36/h6,8-9,14-17H,5,7,10-13H2,1-4H3,(H,29,33)(H,30,31)(H2,34,35,36). The molecule has 0 fully saturated rings. The van der Waals surface area contributed by atoms with Crippen LogP contribution in [0.2, 0.25) is 0 Å². The van der Waals surface area contributed by atoms with Gasteiger partial charge in [0.05, 0.1) is 22.8 Å². The summed E-state index contributed by atoms with van der Waals surface area (Å²) in [4.78, 5) is 41.0. The van der Waals surface area contributed by atoms with E-state index in [1.807, 2.05) is 44.0 Å². The number of sulfone groups is 1. The average molecular weight is 603 g/mol. The van der Waals surface area contributed by atoms with Gasteiger partial charge in [-0.25, -0.2) is 18.0 Å². The van der Waals surface area contributed by atoms with Crippen molar-refractivity contribution in [1.29, 1.82) is 0 Å². The summed E-state index contributed by atoms with van der Waals surface area (Å²) in [7, 11) is -6.08. The molecule has 13 heteroatoms. The van der Waals surface area contributed by atoms with Crippen molar-refractivity contribution < 1.29 is 32.1 Å². The van der Waals surface area contributed by atoms with Crippen molar-refractivity contribution in [1.82, 2.24) is 20.2 Å². The van der Waals surface area contributed by atoms with Gasteiger partial charge < -0.3 is 25.0 Å². The van der Waals surface area contributed by atoms with Gasteiger partial charge in [0.1, 0.15) is 5.65 Å². The highest BCUT2D eigenvalue weighted by atomic mass is 32.2. The Hall–Kier alpha value is -3.12. The summed E-state index contributed by atoms with van der Waals surface area (Å²) < 4.78 is 40.6. The zero-order valence-corrected chi connectivity index (χ0v) is 25.2. The number of nitrogens with zero attached hydrogens (tertiary/aromatic N) is 2. The molecular formula is C28H35N4O7PS. The first-order valence-electron chi connectivity index (χ1n) is 13.2. The van der Waals surface area contributed by atoms with E-state index in [0.717, 1.165) is 33.0 Å². The van der Waals surface area contributed by atoms with Gasteiger partial charge in [0.25, 0.3) is 5.91 Å². The highest BCUT2D eigenvalue weighted by molar-refractivity contribution is 7.91. The van der Waals surface area contributed by atoms with Gasteiger partial charge in [-0.2, -0.15) is 0 Å². The van der Waals surface area contributed by atoms with Crippen LogP contribution in [0.3, 0.4) is 0 Å². The first-order valence-corrected chi connectivity index (χ1v) is 16.4. The number of fused-ring (bicyclic) bond motifs is 3. The molecule has 0 bridgehead atoms. The normalized spacial score (nSPS) is 12.5. The van der Waals surface area contributed by atoms with Crippen molar-refractivity contribution >= 4 is 45.5 Å². The summed E-state index contributed by atoms with van der Waals surface area (Å²) in [5.74, 6) is -0.293. The molecular weight excluding hydrogens is 567 g/mol. The Labute approximate surface area is 239 Å². The highest BCUT2D eigenvalue weighted by Gasteiger charge is 2.21. The van der Waals surface area contributed by atoms with Gasteiger partial charge in [0, 0.05) is 42.2 Å². The molecule has 2 aromatic carbocycles. The van der Waals surface area contributed by atoms with Gasteiger partial charge >= 0.3 is 7.82 Å². The molecule has 0 radical (unpaired) electrons. The van der Waals surface area contributed by atoms with Crippen LogP contribution in [0, 0.1) is 13.8 Å². The molecule has 0 aliphatic rings. The molecule has 4 N–H and O–H groups in total. The molecule has 2 aromatic heterocycles. The number of aryl methyl sites for hydroxylation is 2. The smallest absolute Gasteiger partial charge is 0.351 e. The van der Waals surface area contributed by atoms with E-state index in [2.05, 4.69) is 19.8 Å². The summed E-state index contributed by atoms with van der Waals surface area (Å²) in [6.07, 6.45) is 2.19. The zero-order valence-electron chi connectivity index (χ0n) is 23.5. The quantitative estimate of drug-likeness (QED) is 0.139. The maximum atomic E-state index is 13.4. The second-order valence-electron chi connectivity index (χ2n) is 10.0. The maximum Gasteiger partial charge on any atom is 0.469 e. The van der Waals surface area contributed by atoms with E-state index in [1.54, 1.807) is 31.3 Å². The number of amides is 1. The number of phosphoric ester groups is 1. The lowest BCUT2D eigenvalue weighted by atomic mass is 9.93. The fourth-order valence-electron chi connectivity index (χ4n) is 4.77. The van der Waals surface area contributed by atoms with Gasteiger partial charge in [0.2, 0.25) is 0 Å². The number of likely N-dealkylation sites (N-methyl/N-ethyl adjacent to an activating group) is 1. The predicted octanol–water partition coefficient (Wildman–Crippen LogP) is 3.95. The lowest BCUT2D eigenvalue weighted by molar-refractivity contribution is 0.0948. The van der Waals surface area contributed by atoms with Gasteiger partial charge in [-0.3, -0.25) is 9.32 Å². The number of carbonyl (C=O) groups is 1. The molecule has 11 nitrogen and oxygen atoms in total. The number of hydrogen-bond donors (Lipinski definition) is 4. The van der Waals surface area contributed by atoms with Crippen molar-refractivity contribution in [2.45, 2.75) is 32.1 Å². The van der Waals surface area contributed by atoms with Crippen LogP contribution in [-0.2, 0) is 18.9 Å². The number of aromatic nitrogens is 2. The Bertz CT molecular complexity index is 1750. The Morgan fingerprint density at radius 3 is 2.63 bits per heavy atom. The molecule has 220 valence electrons. The molecule has 0 aliphatic heterocycles. The number of H-pyrrole nitrogens is 1. The summed E-state index contributed by atoms with van der Waals surface area (Å²) in [5.41, 5.74) is 5.02. The minimum absolute atomic E-state index is 0.0191. The molecule has 2 heterocycles. The van der Waals surface area contributed by atoms with Crippen molar-refractivity contribution in [2.75, 3.05) is 39.0 Å². The van der Waals surface area contributed by atoms with Crippen LogP contribution in [0.1, 0.15) is 34.8 Å². The number of rotatable bonds is 12. The van der Waals surface area contributed by atoms with Crippen LogP contribution in [-0.4, -0.2) is 78.0 Å². The summed E-state index contributed by atoms with van der Waals surface area (Å²) in [5, 5.41) is 4.71. The number of hydrogen-bond acceptors (Lipinski definition) is 7. The third kappa shape index (κ3) is 7.21. The molecule has 0 unspecified atom stereocenters. The molecule has 0 saturated heterocycles. The van der Waals surface area contributed by atoms with E-state index in [1.165, 1.54) is 0 Å². The number of phosphoric acid groups is 1. The van der Waals surface area contributed by atoms with Crippen LogP contribution in [0.5, 0.6) is 0 Å². The highest BCUT2D eigenvalue weighted by Crippen LogP contribution is 2.38. The second-order valence-corrected chi connectivity index (χ2v) is 13.6. The average Bonchev–Trinajstić information content (AvgIpc) is 3.30. The molecule has 0 atom stereocenters. The third-order valence-corrected chi connectivity index (χ3v) is 9.23. The number of carbonyl (C=O) groups excluding carboxylic acids is 1. The predicted molar refractivity (Wildman–Crippen MR) is 159 cm³/mol. The minimum Gasteiger partial charge on any atom is -0.351 e. The zero-order chi connectivity index (χ0) is 29.9. The Morgan fingerprint density at radius 2 is 1.93 bits per heavy atom. The topological polar surface area (TPSA) is 162 Å². The van der Waals surface area contributed by atoms with E-state index in [4.69, 9.17) is 9.79 Å². The molecule has 41 heavy (non-hydrogen) atoms. The number of pyridine rings is 1. The summed E-state index contributed by atoms with van der Waals surface area (Å²) in [6, 6.07) is 10.6. The lowest BCUT2D eigenvalue weighted by Gasteiger charge is -2.18. The minimum atomic E-state index is -4.48. The van der Waals surface area contributed by atoms with Crippen LogP contribution >= 0.6 is 7.82 Å². The first-order chi connectivity index (χ1) is 19.3. The van der Waals surface area contributed by atoms with Crippen molar-refractivity contribution in [3.05, 3.63) is 59.3 Å². The lowest BCUT2D eigenvalue weighted by Crippen LogP contribution is -2.34. The van der Waals surface area contributed by atoms with Crippen LogP contribution in [0.25, 0.3) is 33.1 Å². The molecule has 1 amide bonds. The van der Waals surface area contributed by atoms with Crippen LogP contribution in [0.15, 0.2) is 47.5 Å². The fourth-order valence-corrected chi connectivity index (χ4v) is 6.06. The molecule has 0 spiro atoms. The van der Waals surface area contributed by atoms with E-state index in [9.17, 15) is 17.8 Å². The van der Waals surface area contributed by atoms with E-state index in [0.29, 0.717) is 42.8 Å². The monoisotopic (exact) mass is 602 g/mol. The van der Waals surface area contributed by atoms with Gasteiger partial charge in [-0.05, 0) is 73.8 Å². The van der Waals surface area contributed by atoms with Crippen LogP contribution < -0.4 is 5.32 Å². The first kappa shape index (κ1) is 30.8. The molecule has 0 aliphatic carbocycles. The van der Waals surface area contributed by atoms with Crippen molar-refractivity contribution in [3.63, 3.8) is 0 Å². The van der Waals surface area contributed by atoms with Crippen molar-refractivity contribution in [2.24, 2.45) is 0 Å². The molecule has 4 aromatic rings. The van der Waals surface area contributed by atoms with Gasteiger partial charge in [0.15, 0.2) is 9.84 Å². The van der Waals surface area contributed by atoms with Gasteiger partial charge in [-0.1, -0.05) is 19.1 Å². The summed E-state index contributed by atoms with van der Waals surface area (Å²) >= 11 is 0. The molecule has 0 saturated carbocycles. The van der Waals surface area contributed by atoms with Gasteiger partial charge in [-0.15, -0.1) is 0 Å². The maximum absolute atomic E-state index is 13.4. The largest absolute Gasteiger partial charge is 0.469 e. The van der Waals surface area contributed by atoms with Crippen LogP contribution in [0.4, 0.5) is 0 Å². The SMILES string of the molecule is CCS(=O)(=O)c1cccc(-c2cc(C(=O)NCCN(C)CCCOP(=O)(O)O)c(C)c3[nH]c4ncc(C)cc4c23)c1. The van der Waals surface area contributed by atoms with E-state index < -0.39 is 17.7 Å². The number of aromatic amines is 1. The Kier molecular flexibility index (Phi) is 9.32. The molecule has 4 rings (SSSR count). The fraction of sp³-hybridized carbons (Fsp3) is 0.357. The third-order valence-electron chi connectivity index (χ3n) is 6.98. The Morgan fingerprint density at radius 1 is 1.17 bits per heavy atom. The summed E-state index contributed by atoms with van der Waals surface area (Å²) in [6.45, 7) is 6.76. The van der Waals surface area contributed by atoms with E-state index in [-0.39, 0.29) is 23.2 Å². The Balaban J connectivity index is 1.66. The number of nitrogens with one attached hydrogen (secondary N) is 2. The number of benzene rings is 2. The second kappa shape index (κ2) is 12.4. The van der Waals surface area contributed by atoms with E-state index >= 15 is 0 Å². The van der Waals surface area contributed by atoms with Crippen molar-refractivity contribution in [3.8, 4) is 11.1 Å².